The Kier molecular flexibility index (Phi) is 9.04. The number of rotatable bonds is 5. The zero-order chi connectivity index (χ0) is 31.8. The Hall–Kier alpha value is -3.65. The van der Waals surface area contributed by atoms with Crippen molar-refractivity contribution in [2.75, 3.05) is 12.0 Å². The van der Waals surface area contributed by atoms with E-state index in [4.69, 9.17) is 4.74 Å². The third-order valence-corrected chi connectivity index (χ3v) is 6.99. The number of benzene rings is 2. The number of ether oxygens (including phenoxy) is 2. The quantitative estimate of drug-likeness (QED) is 0.321. The van der Waals surface area contributed by atoms with Gasteiger partial charge in [0.05, 0.1) is 36.1 Å². The molecule has 6 nitrogen and oxygen atoms in total. The maximum atomic E-state index is 15.3. The standard InChI is InChI=1S/C27H27F9N2O4/c1-15(2)42-23(40)38-21-8-6-5-7-18(21)9-10-24(38,27(34,35)36)16(3)37(22(39)41-4)14-17-11-19(25(28,29)30)13-20(12-17)26(31,32)33/h5-8,11-13,15-16H,9-10,14H2,1-4H3. The summed E-state index contributed by atoms with van der Waals surface area (Å²) < 4.78 is 136. The fourth-order valence-corrected chi connectivity index (χ4v) is 5.05. The summed E-state index contributed by atoms with van der Waals surface area (Å²) in [5.74, 6) is 0. The zero-order valence-corrected chi connectivity index (χ0v) is 22.7. The SMILES string of the molecule is COC(=O)N(Cc1cc(C(F)(F)F)cc(C(F)(F)F)c1)C(C)C1(C(F)(F)F)CCc2ccccc2N1C(=O)OC(C)C. The van der Waals surface area contributed by atoms with Crippen LogP contribution in [0.25, 0.3) is 0 Å². The third-order valence-electron chi connectivity index (χ3n) is 6.99. The Morgan fingerprint density at radius 2 is 1.48 bits per heavy atom. The summed E-state index contributed by atoms with van der Waals surface area (Å²) >= 11 is 0. The highest BCUT2D eigenvalue weighted by Gasteiger charge is 2.67. The van der Waals surface area contributed by atoms with Crippen LogP contribution in [0.1, 0.15) is 49.4 Å². The number of carbonyl (C=O) groups excluding carboxylic acids is 2. The van der Waals surface area contributed by atoms with Crippen LogP contribution in [0.15, 0.2) is 42.5 Å². The summed E-state index contributed by atoms with van der Waals surface area (Å²) in [4.78, 5) is 26.9. The van der Waals surface area contributed by atoms with Crippen LogP contribution in [0.5, 0.6) is 0 Å². The molecule has 2 aromatic carbocycles. The van der Waals surface area contributed by atoms with Crippen molar-refractivity contribution in [3.05, 3.63) is 64.7 Å². The van der Waals surface area contributed by atoms with Gasteiger partial charge in [-0.2, -0.15) is 39.5 Å². The molecule has 2 aromatic rings. The molecule has 0 spiro atoms. The lowest BCUT2D eigenvalue weighted by Crippen LogP contribution is -2.72. The summed E-state index contributed by atoms with van der Waals surface area (Å²) in [6.45, 7) is 2.55. The van der Waals surface area contributed by atoms with Crippen molar-refractivity contribution in [3.63, 3.8) is 0 Å². The number of aryl methyl sites for hydroxylation is 1. The van der Waals surface area contributed by atoms with E-state index in [0.717, 1.165) is 14.0 Å². The van der Waals surface area contributed by atoms with Crippen molar-refractivity contribution in [1.29, 1.82) is 0 Å². The molecular weight excluding hydrogens is 587 g/mol. The first-order valence-corrected chi connectivity index (χ1v) is 12.5. The van der Waals surface area contributed by atoms with Gasteiger partial charge in [0.25, 0.3) is 0 Å². The van der Waals surface area contributed by atoms with Gasteiger partial charge in [0, 0.05) is 6.54 Å². The van der Waals surface area contributed by atoms with Crippen LogP contribution >= 0.6 is 0 Å². The molecule has 1 heterocycles. The molecule has 0 fully saturated rings. The van der Waals surface area contributed by atoms with E-state index in [0.29, 0.717) is 27.5 Å². The van der Waals surface area contributed by atoms with Crippen LogP contribution in [-0.2, 0) is 34.8 Å². The summed E-state index contributed by atoms with van der Waals surface area (Å²) in [6.07, 6.45) is -20.6. The van der Waals surface area contributed by atoms with Crippen LogP contribution in [0, 0.1) is 0 Å². The maximum Gasteiger partial charge on any atom is 0.416 e. The number of methoxy groups -OCH3 is 1. The van der Waals surface area contributed by atoms with Crippen LogP contribution < -0.4 is 4.90 Å². The van der Waals surface area contributed by atoms with Gasteiger partial charge in [0.15, 0.2) is 5.54 Å². The molecule has 0 saturated carbocycles. The molecule has 42 heavy (non-hydrogen) atoms. The molecule has 3 rings (SSSR count). The average molecular weight is 615 g/mol. The van der Waals surface area contributed by atoms with E-state index in [2.05, 4.69) is 4.74 Å². The number of amides is 2. The Morgan fingerprint density at radius 3 is 1.95 bits per heavy atom. The first-order chi connectivity index (χ1) is 19.2. The molecule has 0 N–H and O–H groups in total. The van der Waals surface area contributed by atoms with Gasteiger partial charge in [-0.25, -0.2) is 9.59 Å². The highest BCUT2D eigenvalue weighted by atomic mass is 19.4. The fourth-order valence-electron chi connectivity index (χ4n) is 5.05. The first kappa shape index (κ1) is 32.9. The molecule has 2 atom stereocenters. The van der Waals surface area contributed by atoms with E-state index in [9.17, 15) is 35.9 Å². The number of halogens is 9. The van der Waals surface area contributed by atoms with Crippen LogP contribution in [-0.4, -0.2) is 48.1 Å². The third kappa shape index (κ3) is 6.38. The van der Waals surface area contributed by atoms with E-state index >= 15 is 13.2 Å². The smallest absolute Gasteiger partial charge is 0.416 e. The molecule has 0 aliphatic carbocycles. The second-order valence-electron chi connectivity index (χ2n) is 10.0. The van der Waals surface area contributed by atoms with Crippen molar-refractivity contribution in [1.82, 2.24) is 4.90 Å². The van der Waals surface area contributed by atoms with Gasteiger partial charge in [-0.15, -0.1) is 0 Å². The van der Waals surface area contributed by atoms with Gasteiger partial charge in [-0.3, -0.25) is 9.80 Å². The molecule has 1 aliphatic rings. The summed E-state index contributed by atoms with van der Waals surface area (Å²) in [5.41, 5.74) is -7.26. The predicted molar refractivity (Wildman–Crippen MR) is 132 cm³/mol. The molecule has 0 aromatic heterocycles. The van der Waals surface area contributed by atoms with Crippen molar-refractivity contribution in [3.8, 4) is 0 Å². The molecule has 0 bridgehead atoms. The summed E-state index contributed by atoms with van der Waals surface area (Å²) in [6, 6.07) is 4.03. The van der Waals surface area contributed by atoms with Gasteiger partial charge >= 0.3 is 30.7 Å². The van der Waals surface area contributed by atoms with Crippen LogP contribution in [0.2, 0.25) is 0 Å². The van der Waals surface area contributed by atoms with E-state index in [1.165, 1.54) is 32.0 Å². The number of hydrogen-bond acceptors (Lipinski definition) is 4. The van der Waals surface area contributed by atoms with E-state index < -0.39 is 78.1 Å². The fraction of sp³-hybridized carbons (Fsp3) is 0.481. The minimum Gasteiger partial charge on any atom is -0.453 e. The lowest BCUT2D eigenvalue weighted by atomic mass is 9.77. The lowest BCUT2D eigenvalue weighted by Gasteiger charge is -2.52. The molecule has 2 amide bonds. The van der Waals surface area contributed by atoms with E-state index in [-0.39, 0.29) is 18.2 Å². The molecule has 1 aliphatic heterocycles. The highest BCUT2D eigenvalue weighted by molar-refractivity contribution is 5.92. The molecular formula is C27H27F9N2O4. The minimum absolute atomic E-state index is 0.145. The monoisotopic (exact) mass is 614 g/mol. The second-order valence-corrected chi connectivity index (χ2v) is 10.0. The molecule has 2 unspecified atom stereocenters. The zero-order valence-electron chi connectivity index (χ0n) is 22.7. The summed E-state index contributed by atoms with van der Waals surface area (Å²) in [7, 11) is 0.788. The number of para-hydroxylation sites is 1. The topological polar surface area (TPSA) is 59.1 Å². The van der Waals surface area contributed by atoms with Crippen molar-refractivity contribution in [2.45, 2.75) is 76.4 Å². The van der Waals surface area contributed by atoms with E-state index in [1.54, 1.807) is 6.07 Å². The van der Waals surface area contributed by atoms with Gasteiger partial charge in [-0.1, -0.05) is 18.2 Å². The molecule has 15 heteroatoms. The number of alkyl halides is 9. The Balaban J connectivity index is 2.25. The Labute approximate surface area is 235 Å². The number of fused-ring (bicyclic) bond motifs is 1. The molecule has 0 radical (unpaired) electrons. The van der Waals surface area contributed by atoms with Crippen LogP contribution in [0.3, 0.4) is 0 Å². The lowest BCUT2D eigenvalue weighted by molar-refractivity contribution is -0.204. The minimum atomic E-state index is -5.28. The van der Waals surface area contributed by atoms with Gasteiger partial charge in [0.1, 0.15) is 0 Å². The number of hydrogen-bond donors (Lipinski definition) is 0. The van der Waals surface area contributed by atoms with Gasteiger partial charge in [0.2, 0.25) is 0 Å². The van der Waals surface area contributed by atoms with Gasteiger partial charge < -0.3 is 9.47 Å². The summed E-state index contributed by atoms with van der Waals surface area (Å²) in [5, 5.41) is 0. The van der Waals surface area contributed by atoms with Crippen molar-refractivity contribution < 1.29 is 58.6 Å². The Morgan fingerprint density at radius 1 is 0.929 bits per heavy atom. The Bertz CT molecular complexity index is 1280. The maximum absolute atomic E-state index is 15.3. The highest BCUT2D eigenvalue weighted by Crippen LogP contribution is 2.50. The van der Waals surface area contributed by atoms with Crippen LogP contribution in [0.4, 0.5) is 54.8 Å². The largest absolute Gasteiger partial charge is 0.453 e. The first-order valence-electron chi connectivity index (χ1n) is 12.5. The van der Waals surface area contributed by atoms with E-state index in [1.807, 2.05) is 0 Å². The molecule has 0 saturated heterocycles. The normalized spacial score (nSPS) is 18.4. The van der Waals surface area contributed by atoms with Crippen molar-refractivity contribution >= 4 is 17.9 Å². The number of anilines is 1. The number of carbonyl (C=O) groups is 2. The predicted octanol–water partition coefficient (Wildman–Crippen LogP) is 7.98. The molecule has 232 valence electrons. The second kappa shape index (κ2) is 11.6. The average Bonchev–Trinajstić information content (AvgIpc) is 2.87. The van der Waals surface area contributed by atoms with Crippen molar-refractivity contribution in [2.24, 2.45) is 0 Å². The number of nitrogens with zero attached hydrogens (tertiary/aromatic N) is 2. The van der Waals surface area contributed by atoms with Gasteiger partial charge in [-0.05, 0) is 69.0 Å².